The molecular weight excluding hydrogens is 368 g/mol. The highest BCUT2D eigenvalue weighted by molar-refractivity contribution is 8.00. The van der Waals surface area contributed by atoms with Crippen molar-refractivity contribution in [2.24, 2.45) is 0 Å². The van der Waals surface area contributed by atoms with E-state index in [1.807, 2.05) is 0 Å². The van der Waals surface area contributed by atoms with Crippen molar-refractivity contribution >= 4 is 35.1 Å². The van der Waals surface area contributed by atoms with Gasteiger partial charge in [0.15, 0.2) is 5.16 Å². The molecule has 9 heteroatoms. The molecule has 0 saturated heterocycles. The van der Waals surface area contributed by atoms with Gasteiger partial charge in [0.05, 0.1) is 17.9 Å². The van der Waals surface area contributed by atoms with E-state index in [1.54, 1.807) is 41.8 Å². The van der Waals surface area contributed by atoms with Gasteiger partial charge in [0, 0.05) is 18.3 Å². The lowest BCUT2D eigenvalue weighted by atomic mass is 10.2. The van der Waals surface area contributed by atoms with Crippen LogP contribution < -0.4 is 16.6 Å². The van der Waals surface area contributed by atoms with Crippen LogP contribution in [0.2, 0.25) is 0 Å². The average Bonchev–Trinajstić information content (AvgIpc) is 2.64. The zero-order valence-electron chi connectivity index (χ0n) is 15.0. The minimum atomic E-state index is -0.546. The van der Waals surface area contributed by atoms with Gasteiger partial charge in [-0.15, -0.1) is 6.58 Å². The summed E-state index contributed by atoms with van der Waals surface area (Å²) in [5.74, 6) is -0.485. The number of anilines is 2. The molecule has 0 radical (unpaired) electrons. The van der Waals surface area contributed by atoms with E-state index >= 15 is 0 Å². The number of nitrogens with two attached hydrogens (primary N) is 1. The van der Waals surface area contributed by atoms with Gasteiger partial charge in [0.2, 0.25) is 5.91 Å². The quantitative estimate of drug-likeness (QED) is 0.322. The highest BCUT2D eigenvalue weighted by Gasteiger charge is 2.18. The van der Waals surface area contributed by atoms with Gasteiger partial charge in [-0.3, -0.25) is 9.59 Å². The van der Waals surface area contributed by atoms with E-state index in [-0.39, 0.29) is 11.7 Å². The number of amides is 1. The number of rotatable bonds is 7. The summed E-state index contributed by atoms with van der Waals surface area (Å²) >= 11 is 1.12. The van der Waals surface area contributed by atoms with Crippen molar-refractivity contribution < 1.29 is 14.3 Å². The van der Waals surface area contributed by atoms with Crippen LogP contribution >= 0.6 is 11.8 Å². The fourth-order valence-electron chi connectivity index (χ4n) is 2.17. The molecule has 3 N–H and O–H groups in total. The summed E-state index contributed by atoms with van der Waals surface area (Å²) in [4.78, 5) is 39.4. The Morgan fingerprint density at radius 2 is 2.07 bits per heavy atom. The molecule has 1 heterocycles. The molecule has 0 aliphatic rings. The van der Waals surface area contributed by atoms with Crippen LogP contribution in [0.25, 0.3) is 0 Å². The Bertz CT molecular complexity index is 909. The molecule has 1 aromatic heterocycles. The Morgan fingerprint density at radius 1 is 1.41 bits per heavy atom. The second-order valence-electron chi connectivity index (χ2n) is 5.52. The maximum Gasteiger partial charge on any atom is 0.337 e. The SMILES string of the molecule is C=CCn1c(N)cc(=O)nc1S[C@@H](C)C(=O)Nc1ccc(C(=O)OC)cc1. The van der Waals surface area contributed by atoms with Crippen LogP contribution in [0, 0.1) is 0 Å². The Balaban J connectivity index is 2.11. The van der Waals surface area contributed by atoms with E-state index < -0.39 is 16.8 Å². The Morgan fingerprint density at radius 3 is 2.67 bits per heavy atom. The van der Waals surface area contributed by atoms with Crippen LogP contribution in [0.15, 0.2) is 52.9 Å². The third-order valence-corrected chi connectivity index (χ3v) is 4.65. The molecule has 8 nitrogen and oxygen atoms in total. The largest absolute Gasteiger partial charge is 0.465 e. The second kappa shape index (κ2) is 9.04. The standard InChI is InChI=1S/C18H20N4O4S/c1-4-9-22-14(19)10-15(23)21-18(22)27-11(2)16(24)20-13-7-5-12(6-8-13)17(25)26-3/h4-8,10-11H,1,9,19H2,2-3H3,(H,20,24)/t11-/m0/s1. The number of ether oxygens (including phenoxy) is 1. The molecule has 0 unspecified atom stereocenters. The summed E-state index contributed by atoms with van der Waals surface area (Å²) < 4.78 is 6.24. The van der Waals surface area contributed by atoms with Gasteiger partial charge < -0.3 is 20.4 Å². The number of aromatic nitrogens is 2. The highest BCUT2D eigenvalue weighted by Crippen LogP contribution is 2.23. The molecule has 2 aromatic rings. The molecule has 0 fully saturated rings. The third-order valence-electron chi connectivity index (χ3n) is 3.56. The Kier molecular flexibility index (Phi) is 6.78. The molecule has 1 aromatic carbocycles. The minimum absolute atomic E-state index is 0.253. The smallest absolute Gasteiger partial charge is 0.337 e. The van der Waals surface area contributed by atoms with E-state index in [0.717, 1.165) is 11.8 Å². The number of carbonyl (C=O) groups excluding carboxylic acids is 2. The van der Waals surface area contributed by atoms with Crippen LogP contribution in [0.1, 0.15) is 17.3 Å². The van der Waals surface area contributed by atoms with Gasteiger partial charge in [0.1, 0.15) is 5.82 Å². The van der Waals surface area contributed by atoms with Gasteiger partial charge in [-0.05, 0) is 31.2 Å². The summed E-state index contributed by atoms with van der Waals surface area (Å²) in [6, 6.07) is 7.55. The molecule has 0 saturated carbocycles. The zero-order chi connectivity index (χ0) is 20.0. The summed E-state index contributed by atoms with van der Waals surface area (Å²) in [7, 11) is 1.30. The first-order chi connectivity index (χ1) is 12.8. The van der Waals surface area contributed by atoms with Crippen LogP contribution in [0.4, 0.5) is 11.5 Å². The second-order valence-corrected chi connectivity index (χ2v) is 6.83. The summed E-state index contributed by atoms with van der Waals surface area (Å²) in [6.07, 6.45) is 1.63. The fraction of sp³-hybridized carbons (Fsp3) is 0.222. The number of methoxy groups -OCH3 is 1. The lowest BCUT2D eigenvalue weighted by molar-refractivity contribution is -0.115. The molecule has 0 spiro atoms. The lowest BCUT2D eigenvalue weighted by Gasteiger charge is -2.16. The lowest BCUT2D eigenvalue weighted by Crippen LogP contribution is -2.25. The predicted molar refractivity (Wildman–Crippen MR) is 105 cm³/mol. The number of esters is 1. The minimum Gasteiger partial charge on any atom is -0.465 e. The number of nitrogen functional groups attached to an aromatic ring is 1. The van der Waals surface area contributed by atoms with Crippen molar-refractivity contribution in [3.05, 3.63) is 58.9 Å². The monoisotopic (exact) mass is 388 g/mol. The number of hydrogen-bond acceptors (Lipinski definition) is 7. The molecule has 1 amide bonds. The number of carbonyl (C=O) groups is 2. The number of hydrogen-bond donors (Lipinski definition) is 2. The van der Waals surface area contributed by atoms with Gasteiger partial charge in [-0.1, -0.05) is 17.8 Å². The maximum absolute atomic E-state index is 12.4. The first-order valence-electron chi connectivity index (χ1n) is 8.00. The zero-order valence-corrected chi connectivity index (χ0v) is 15.8. The number of allylic oxidation sites excluding steroid dienone is 1. The van der Waals surface area contributed by atoms with Crippen LogP contribution in [0.3, 0.4) is 0 Å². The van der Waals surface area contributed by atoms with Crippen molar-refractivity contribution in [1.29, 1.82) is 0 Å². The van der Waals surface area contributed by atoms with E-state index in [2.05, 4.69) is 21.6 Å². The third kappa shape index (κ3) is 5.20. The van der Waals surface area contributed by atoms with E-state index in [0.29, 0.717) is 23.0 Å². The van der Waals surface area contributed by atoms with Gasteiger partial charge >= 0.3 is 5.97 Å². The molecule has 1 atom stereocenters. The van der Waals surface area contributed by atoms with Crippen molar-refractivity contribution in [2.45, 2.75) is 23.9 Å². The topological polar surface area (TPSA) is 116 Å². The first kappa shape index (κ1) is 20.2. The van der Waals surface area contributed by atoms with E-state index in [9.17, 15) is 14.4 Å². The van der Waals surface area contributed by atoms with E-state index in [1.165, 1.54) is 13.2 Å². The molecule has 2 rings (SSSR count). The molecule has 27 heavy (non-hydrogen) atoms. The van der Waals surface area contributed by atoms with Gasteiger partial charge in [-0.2, -0.15) is 4.98 Å². The molecular formula is C18H20N4O4S. The van der Waals surface area contributed by atoms with Crippen LogP contribution in [-0.2, 0) is 16.1 Å². The van der Waals surface area contributed by atoms with Gasteiger partial charge in [0.25, 0.3) is 5.56 Å². The Labute approximate surface area is 160 Å². The molecule has 0 bridgehead atoms. The summed E-state index contributed by atoms with van der Waals surface area (Å²) in [5, 5.41) is 2.54. The number of thioether (sulfide) groups is 1. The molecule has 142 valence electrons. The highest BCUT2D eigenvalue weighted by atomic mass is 32.2. The Hall–Kier alpha value is -3.07. The van der Waals surface area contributed by atoms with Crippen LogP contribution in [-0.4, -0.2) is 33.8 Å². The molecule has 0 aliphatic carbocycles. The van der Waals surface area contributed by atoms with Crippen molar-refractivity contribution in [3.8, 4) is 0 Å². The van der Waals surface area contributed by atoms with Crippen molar-refractivity contribution in [3.63, 3.8) is 0 Å². The molecule has 0 aliphatic heterocycles. The maximum atomic E-state index is 12.4. The van der Waals surface area contributed by atoms with Crippen molar-refractivity contribution in [1.82, 2.24) is 9.55 Å². The average molecular weight is 388 g/mol. The number of nitrogens with one attached hydrogen (secondary N) is 1. The number of benzene rings is 1. The van der Waals surface area contributed by atoms with Crippen LogP contribution in [0.5, 0.6) is 0 Å². The normalized spacial score (nSPS) is 11.5. The summed E-state index contributed by atoms with van der Waals surface area (Å²) in [5.41, 5.74) is 6.30. The van der Waals surface area contributed by atoms with Crippen molar-refractivity contribution in [2.75, 3.05) is 18.2 Å². The van der Waals surface area contributed by atoms with E-state index in [4.69, 9.17) is 5.73 Å². The number of nitrogens with zero attached hydrogens (tertiary/aromatic N) is 2. The fourth-order valence-corrected chi connectivity index (χ4v) is 3.10. The summed E-state index contributed by atoms with van der Waals surface area (Å²) in [6.45, 7) is 5.71. The predicted octanol–water partition coefficient (Wildman–Crippen LogP) is 1.92. The van der Waals surface area contributed by atoms with Gasteiger partial charge in [-0.25, -0.2) is 4.79 Å². The first-order valence-corrected chi connectivity index (χ1v) is 8.87.